The van der Waals surface area contributed by atoms with Gasteiger partial charge in [-0.3, -0.25) is 8.97 Å². The first-order valence-corrected chi connectivity index (χ1v) is 5.23. The van der Waals surface area contributed by atoms with Crippen LogP contribution in [0.3, 0.4) is 0 Å². The number of phenols is 2. The van der Waals surface area contributed by atoms with E-state index in [0.717, 1.165) is 0 Å². The average molecular weight is 226 g/mol. The lowest BCUT2D eigenvalue weighted by atomic mass is 10.2. The van der Waals surface area contributed by atoms with Crippen LogP contribution >= 0.6 is 0 Å². The van der Waals surface area contributed by atoms with Crippen molar-refractivity contribution in [3.8, 4) is 11.5 Å². The van der Waals surface area contributed by atoms with E-state index < -0.39 is 0 Å². The van der Waals surface area contributed by atoms with E-state index in [2.05, 4.69) is 0 Å². The summed E-state index contributed by atoms with van der Waals surface area (Å²) in [7, 11) is 11.7. The van der Waals surface area contributed by atoms with Gasteiger partial charge in [0.05, 0.1) is 54.4 Å². The minimum Gasteiger partial charge on any atom is -0.503 e. The highest BCUT2D eigenvalue weighted by Gasteiger charge is 2.26. The molecule has 0 aliphatic rings. The molecule has 0 unspecified atom stereocenters. The van der Waals surface area contributed by atoms with Crippen molar-refractivity contribution < 1.29 is 10.2 Å². The predicted octanol–water partition coefficient (Wildman–Crippen LogP) is 1.49. The van der Waals surface area contributed by atoms with E-state index in [1.807, 2.05) is 42.3 Å². The normalized spacial score (nSPS) is 12.9. The first kappa shape index (κ1) is 12.8. The molecule has 0 saturated heterocycles. The van der Waals surface area contributed by atoms with E-state index in [4.69, 9.17) is 0 Å². The maximum Gasteiger partial charge on any atom is 0.183 e. The topological polar surface area (TPSA) is 40.5 Å². The molecule has 0 fully saturated rings. The molecule has 90 valence electrons. The van der Waals surface area contributed by atoms with Crippen LogP contribution in [-0.4, -0.2) is 52.5 Å². The third-order valence-electron chi connectivity index (χ3n) is 2.52. The molecule has 0 bridgehead atoms. The molecule has 0 heterocycles. The minimum atomic E-state index is 0.216. The zero-order valence-corrected chi connectivity index (χ0v) is 10.9. The Morgan fingerprint density at radius 2 is 0.938 bits per heavy atom. The van der Waals surface area contributed by atoms with Crippen molar-refractivity contribution in [2.45, 2.75) is 0 Å². The van der Waals surface area contributed by atoms with Gasteiger partial charge >= 0.3 is 0 Å². The highest BCUT2D eigenvalue weighted by atomic mass is 16.3. The van der Waals surface area contributed by atoms with Crippen molar-refractivity contribution in [2.75, 3.05) is 42.3 Å². The molecule has 16 heavy (non-hydrogen) atoms. The van der Waals surface area contributed by atoms with Gasteiger partial charge in [-0.1, -0.05) is 0 Å². The van der Waals surface area contributed by atoms with Crippen LogP contribution < -0.4 is 8.97 Å². The van der Waals surface area contributed by atoms with Gasteiger partial charge in [0.25, 0.3) is 0 Å². The summed E-state index contributed by atoms with van der Waals surface area (Å²) in [6.45, 7) is 0. The standard InChI is InChI=1S/C12H20N2O2/c1-13(2,3)9-7-12(16)10(8-11(9)15)14(4,5)6/h7-8H,1-6H3/p+2. The van der Waals surface area contributed by atoms with E-state index in [9.17, 15) is 10.2 Å². The fourth-order valence-electron chi connectivity index (χ4n) is 1.63. The van der Waals surface area contributed by atoms with E-state index in [1.165, 1.54) is 0 Å². The van der Waals surface area contributed by atoms with Crippen molar-refractivity contribution in [3.63, 3.8) is 0 Å². The molecule has 1 rings (SSSR count). The Morgan fingerprint density at radius 3 is 1.12 bits per heavy atom. The van der Waals surface area contributed by atoms with Crippen LogP contribution in [0.5, 0.6) is 11.5 Å². The number of rotatable bonds is 2. The molecule has 0 spiro atoms. The van der Waals surface area contributed by atoms with Gasteiger partial charge in [0.15, 0.2) is 22.9 Å². The number of aromatic hydroxyl groups is 2. The number of benzene rings is 1. The van der Waals surface area contributed by atoms with Crippen molar-refractivity contribution >= 4 is 11.4 Å². The van der Waals surface area contributed by atoms with Gasteiger partial charge in [0.1, 0.15) is 0 Å². The van der Waals surface area contributed by atoms with Crippen molar-refractivity contribution in [1.29, 1.82) is 0 Å². The Hall–Kier alpha value is -1.26. The molecule has 0 saturated carbocycles. The maximum atomic E-state index is 9.98. The van der Waals surface area contributed by atoms with E-state index in [1.54, 1.807) is 12.1 Å². The van der Waals surface area contributed by atoms with Crippen LogP contribution in [0.25, 0.3) is 0 Å². The molecule has 1 aromatic carbocycles. The third-order valence-corrected chi connectivity index (χ3v) is 2.52. The zero-order chi connectivity index (χ0) is 12.7. The number of phenolic OH excluding ortho intramolecular Hbond substituents is 2. The molecule has 0 radical (unpaired) electrons. The molecule has 0 amide bonds. The monoisotopic (exact) mass is 226 g/mol. The Kier molecular flexibility index (Phi) is 2.92. The minimum absolute atomic E-state index is 0.216. The Labute approximate surface area is 97.1 Å². The summed E-state index contributed by atoms with van der Waals surface area (Å²) in [5.74, 6) is 0.432. The molecule has 4 heteroatoms. The Bertz CT molecular complexity index is 361. The average Bonchev–Trinajstić information content (AvgIpc) is 2.04. The van der Waals surface area contributed by atoms with Gasteiger partial charge in [-0.25, -0.2) is 0 Å². The highest BCUT2D eigenvalue weighted by molar-refractivity contribution is 5.68. The SMILES string of the molecule is C[N+](C)(C)c1cc(O)c([N+](C)(C)C)cc1O. The fraction of sp³-hybridized carbons (Fsp3) is 0.500. The summed E-state index contributed by atoms with van der Waals surface area (Å²) in [6, 6.07) is 3.27. The van der Waals surface area contributed by atoms with Gasteiger partial charge in [-0.15, -0.1) is 0 Å². The third kappa shape index (κ3) is 2.46. The molecule has 0 aliphatic heterocycles. The lowest BCUT2D eigenvalue weighted by molar-refractivity contribution is 0.401. The molecule has 0 aliphatic carbocycles. The first-order valence-electron chi connectivity index (χ1n) is 5.23. The van der Waals surface area contributed by atoms with E-state index >= 15 is 0 Å². The second-order valence-corrected chi connectivity index (χ2v) is 5.85. The molecule has 0 aromatic heterocycles. The lowest BCUT2D eigenvalue weighted by Crippen LogP contribution is -2.36. The lowest BCUT2D eigenvalue weighted by Gasteiger charge is -2.28. The number of nitrogens with zero attached hydrogens (tertiary/aromatic N) is 2. The predicted molar refractivity (Wildman–Crippen MR) is 68.9 cm³/mol. The zero-order valence-electron chi connectivity index (χ0n) is 10.9. The van der Waals surface area contributed by atoms with Crippen LogP contribution in [0, 0.1) is 0 Å². The number of hydrogen-bond donors (Lipinski definition) is 2. The Balaban J connectivity index is 3.40. The summed E-state index contributed by atoms with van der Waals surface area (Å²) in [4.78, 5) is 0. The van der Waals surface area contributed by atoms with Gasteiger partial charge in [-0.2, -0.15) is 0 Å². The van der Waals surface area contributed by atoms with Gasteiger partial charge < -0.3 is 10.2 Å². The van der Waals surface area contributed by atoms with Gasteiger partial charge in [-0.05, 0) is 0 Å². The van der Waals surface area contributed by atoms with Gasteiger partial charge in [0, 0.05) is 0 Å². The van der Waals surface area contributed by atoms with Crippen LogP contribution in [0.4, 0.5) is 11.4 Å². The van der Waals surface area contributed by atoms with Crippen molar-refractivity contribution in [2.24, 2.45) is 0 Å². The van der Waals surface area contributed by atoms with Gasteiger partial charge in [0.2, 0.25) is 0 Å². The molecule has 1 aromatic rings. The summed E-state index contributed by atoms with van der Waals surface area (Å²) in [6.07, 6.45) is 0. The summed E-state index contributed by atoms with van der Waals surface area (Å²) in [5, 5.41) is 20.0. The molecular formula is C12H22N2O2+2. The second kappa shape index (κ2) is 3.64. The second-order valence-electron chi connectivity index (χ2n) is 5.85. The molecule has 2 N–H and O–H groups in total. The highest BCUT2D eigenvalue weighted by Crippen LogP contribution is 2.40. The van der Waals surface area contributed by atoms with Crippen LogP contribution in [0.1, 0.15) is 0 Å². The summed E-state index contributed by atoms with van der Waals surface area (Å²) in [5.41, 5.74) is 1.41. The maximum absolute atomic E-state index is 9.98. The molecular weight excluding hydrogens is 204 g/mol. The number of hydrogen-bond acceptors (Lipinski definition) is 2. The van der Waals surface area contributed by atoms with Crippen LogP contribution in [0.2, 0.25) is 0 Å². The van der Waals surface area contributed by atoms with Crippen LogP contribution in [0.15, 0.2) is 12.1 Å². The van der Waals surface area contributed by atoms with Crippen molar-refractivity contribution in [1.82, 2.24) is 8.97 Å². The quantitative estimate of drug-likeness (QED) is 0.592. The van der Waals surface area contributed by atoms with Crippen molar-refractivity contribution in [3.05, 3.63) is 12.1 Å². The molecule has 4 nitrogen and oxygen atoms in total. The first-order chi connectivity index (χ1) is 7.03. The van der Waals surface area contributed by atoms with E-state index in [0.29, 0.717) is 20.3 Å². The largest absolute Gasteiger partial charge is 0.503 e. The van der Waals surface area contributed by atoms with E-state index in [-0.39, 0.29) is 11.5 Å². The van der Waals surface area contributed by atoms with Crippen LogP contribution in [-0.2, 0) is 0 Å². The molecule has 0 atom stereocenters. The number of quaternary nitrogens is 2. The Morgan fingerprint density at radius 1 is 0.688 bits per heavy atom. The smallest absolute Gasteiger partial charge is 0.183 e. The summed E-state index contributed by atoms with van der Waals surface area (Å²) >= 11 is 0. The summed E-state index contributed by atoms with van der Waals surface area (Å²) < 4.78 is 0.938. The fourth-order valence-corrected chi connectivity index (χ4v) is 1.63.